The molecule has 37 heavy (non-hydrogen) atoms. The maximum absolute atomic E-state index is 12.8. The van der Waals surface area contributed by atoms with Gasteiger partial charge in [-0.15, -0.1) is 0 Å². The van der Waals surface area contributed by atoms with Crippen LogP contribution in [-0.2, 0) is 19.7 Å². The van der Waals surface area contributed by atoms with Crippen LogP contribution in [0.25, 0.3) is 6.08 Å². The molecule has 0 atom stereocenters. The summed E-state index contributed by atoms with van der Waals surface area (Å²) in [5.74, 6) is -1.26. The predicted octanol–water partition coefficient (Wildman–Crippen LogP) is 5.38. The van der Waals surface area contributed by atoms with Crippen molar-refractivity contribution in [2.75, 3.05) is 17.7 Å². The Morgan fingerprint density at radius 3 is 2.19 bits per heavy atom. The van der Waals surface area contributed by atoms with Crippen LogP contribution in [-0.4, -0.2) is 27.3 Å². The fraction of sp³-hybridized carbons (Fsp3) is 0.0800. The molecule has 0 spiro atoms. The summed E-state index contributed by atoms with van der Waals surface area (Å²) >= 11 is 9.61. The molecular formula is C25H19BrClN3O6S. The van der Waals surface area contributed by atoms with Crippen molar-refractivity contribution < 1.29 is 26.9 Å². The van der Waals surface area contributed by atoms with Gasteiger partial charge in [0.25, 0.3) is 5.91 Å². The molecule has 190 valence electrons. The fourth-order valence-corrected chi connectivity index (χ4v) is 4.54. The van der Waals surface area contributed by atoms with Crippen molar-refractivity contribution in [2.24, 2.45) is 0 Å². The van der Waals surface area contributed by atoms with Crippen LogP contribution in [0.4, 0.5) is 11.4 Å². The van der Waals surface area contributed by atoms with Gasteiger partial charge in [0.15, 0.2) is 5.75 Å². The number of ether oxygens (including phenoxy) is 1. The molecule has 0 fully saturated rings. The number of nitrogens with zero attached hydrogens (tertiary/aromatic N) is 1. The van der Waals surface area contributed by atoms with Gasteiger partial charge < -0.3 is 19.6 Å². The van der Waals surface area contributed by atoms with E-state index in [4.69, 9.17) is 20.5 Å². The molecule has 0 unspecified atom stereocenters. The predicted molar refractivity (Wildman–Crippen MR) is 143 cm³/mol. The molecule has 0 aliphatic carbocycles. The highest BCUT2D eigenvalue weighted by Gasteiger charge is 2.22. The Balaban J connectivity index is 1.87. The van der Waals surface area contributed by atoms with E-state index in [-0.39, 0.29) is 32.9 Å². The molecule has 2 N–H and O–H groups in total. The maximum atomic E-state index is 12.8. The van der Waals surface area contributed by atoms with Crippen molar-refractivity contribution in [3.8, 4) is 17.6 Å². The summed E-state index contributed by atoms with van der Waals surface area (Å²) in [5.41, 5.74) is 0.982. The molecule has 0 bridgehead atoms. The summed E-state index contributed by atoms with van der Waals surface area (Å²) in [6.45, 7) is 1.33. The maximum Gasteiger partial charge on any atom is 0.339 e. The van der Waals surface area contributed by atoms with Crippen molar-refractivity contribution in [3.63, 3.8) is 0 Å². The second-order valence-electron chi connectivity index (χ2n) is 7.41. The Labute approximate surface area is 226 Å². The third kappa shape index (κ3) is 7.33. The van der Waals surface area contributed by atoms with Crippen molar-refractivity contribution in [2.45, 2.75) is 11.8 Å². The van der Waals surface area contributed by atoms with E-state index in [0.717, 1.165) is 4.47 Å². The highest BCUT2D eigenvalue weighted by atomic mass is 79.9. The molecule has 3 aromatic rings. The minimum Gasteiger partial charge on any atom is -0.493 e. The molecule has 0 saturated heterocycles. The number of amides is 2. The molecule has 3 aromatic carbocycles. The Hall–Kier alpha value is -3.85. The first-order chi connectivity index (χ1) is 17.5. The van der Waals surface area contributed by atoms with Gasteiger partial charge in [-0.3, -0.25) is 9.59 Å². The molecule has 0 aromatic heterocycles. The standard InChI is InChI=1S/C25H19BrClN3O6S/c1-15(31)29-19-7-9-21(10-8-19)37(33,34)36-24-22(27)12-16(13-23(24)35-2)11-17(14-28)25(32)30-20-5-3-18(26)4-6-20/h3-13H,1-2H3,(H,29,31)(H,30,32)/b17-11+. The average Bonchev–Trinajstić information content (AvgIpc) is 2.85. The quantitative estimate of drug-likeness (QED) is 0.200. The summed E-state index contributed by atoms with van der Waals surface area (Å²) in [5, 5.41) is 14.5. The lowest BCUT2D eigenvalue weighted by Gasteiger charge is -2.14. The van der Waals surface area contributed by atoms with Gasteiger partial charge in [-0.1, -0.05) is 27.5 Å². The van der Waals surface area contributed by atoms with Crippen LogP contribution in [0.5, 0.6) is 11.5 Å². The lowest BCUT2D eigenvalue weighted by molar-refractivity contribution is -0.114. The Bertz CT molecular complexity index is 1520. The van der Waals surface area contributed by atoms with Gasteiger partial charge in [0.2, 0.25) is 11.7 Å². The summed E-state index contributed by atoms with van der Waals surface area (Å²) in [7, 11) is -3.03. The Morgan fingerprint density at radius 1 is 1.03 bits per heavy atom. The molecule has 2 amide bonds. The Kier molecular flexibility index (Phi) is 8.94. The first-order valence-corrected chi connectivity index (χ1v) is 13.0. The number of nitrogens with one attached hydrogen (secondary N) is 2. The smallest absolute Gasteiger partial charge is 0.339 e. The average molecular weight is 605 g/mol. The number of nitriles is 1. The van der Waals surface area contributed by atoms with E-state index in [1.165, 1.54) is 56.5 Å². The van der Waals surface area contributed by atoms with E-state index in [2.05, 4.69) is 26.6 Å². The highest BCUT2D eigenvalue weighted by Crippen LogP contribution is 2.39. The van der Waals surface area contributed by atoms with Crippen LogP contribution < -0.4 is 19.6 Å². The number of halogens is 2. The molecule has 3 rings (SSSR count). The minimum absolute atomic E-state index is 0.0391. The van der Waals surface area contributed by atoms with E-state index in [0.29, 0.717) is 16.9 Å². The van der Waals surface area contributed by atoms with Gasteiger partial charge in [-0.25, -0.2) is 0 Å². The van der Waals surface area contributed by atoms with Gasteiger partial charge in [-0.2, -0.15) is 13.7 Å². The topological polar surface area (TPSA) is 135 Å². The third-order valence-corrected chi connectivity index (χ3v) is 6.73. The summed E-state index contributed by atoms with van der Waals surface area (Å²) in [4.78, 5) is 23.5. The molecule has 9 nitrogen and oxygen atoms in total. The normalized spacial score (nSPS) is 11.3. The van der Waals surface area contributed by atoms with Gasteiger partial charge in [0, 0.05) is 22.8 Å². The molecule has 0 aliphatic rings. The molecule has 0 aliphatic heterocycles. The number of rotatable bonds is 8. The number of carbonyl (C=O) groups excluding carboxylic acids is 2. The highest BCUT2D eigenvalue weighted by molar-refractivity contribution is 9.10. The van der Waals surface area contributed by atoms with Gasteiger partial charge >= 0.3 is 10.1 Å². The van der Waals surface area contributed by atoms with Crippen molar-refractivity contribution in [1.29, 1.82) is 5.26 Å². The van der Waals surface area contributed by atoms with Crippen molar-refractivity contribution in [3.05, 3.63) is 81.3 Å². The number of anilines is 2. The minimum atomic E-state index is -4.32. The summed E-state index contributed by atoms with van der Waals surface area (Å²) < 4.78 is 37.0. The Morgan fingerprint density at radius 2 is 1.62 bits per heavy atom. The van der Waals surface area contributed by atoms with E-state index in [9.17, 15) is 23.3 Å². The van der Waals surface area contributed by atoms with E-state index < -0.39 is 16.0 Å². The number of methoxy groups -OCH3 is 1. The zero-order valence-corrected chi connectivity index (χ0v) is 22.6. The van der Waals surface area contributed by atoms with Crippen LogP contribution in [0.2, 0.25) is 5.02 Å². The summed E-state index contributed by atoms with van der Waals surface area (Å²) in [6.07, 6.45) is 1.28. The first-order valence-electron chi connectivity index (χ1n) is 10.4. The van der Waals surface area contributed by atoms with Gasteiger partial charge in [-0.05, 0) is 72.3 Å². The van der Waals surface area contributed by atoms with Crippen LogP contribution in [0.3, 0.4) is 0 Å². The third-order valence-electron chi connectivity index (χ3n) is 4.69. The molecule has 0 heterocycles. The van der Waals surface area contributed by atoms with E-state index in [1.54, 1.807) is 24.3 Å². The zero-order valence-electron chi connectivity index (χ0n) is 19.4. The second kappa shape index (κ2) is 11.9. The molecule has 12 heteroatoms. The van der Waals surface area contributed by atoms with Crippen molar-refractivity contribution in [1.82, 2.24) is 0 Å². The second-order valence-corrected chi connectivity index (χ2v) is 10.3. The van der Waals surface area contributed by atoms with Crippen LogP contribution in [0.15, 0.2) is 75.6 Å². The SMILES string of the molecule is COc1cc(/C=C(\C#N)C(=O)Nc2ccc(Br)cc2)cc(Cl)c1OS(=O)(=O)c1ccc(NC(C)=O)cc1. The zero-order chi connectivity index (χ0) is 27.2. The lowest BCUT2D eigenvalue weighted by atomic mass is 10.1. The van der Waals surface area contributed by atoms with Crippen molar-refractivity contribution >= 4 is 66.9 Å². The summed E-state index contributed by atoms with van der Waals surface area (Å²) in [6, 6.07) is 16.7. The monoisotopic (exact) mass is 603 g/mol. The van der Waals surface area contributed by atoms with Crippen LogP contribution >= 0.6 is 27.5 Å². The van der Waals surface area contributed by atoms with E-state index >= 15 is 0 Å². The first kappa shape index (κ1) is 27.7. The number of hydrogen-bond donors (Lipinski definition) is 2. The molecule has 0 radical (unpaired) electrons. The number of carbonyl (C=O) groups is 2. The number of benzene rings is 3. The molecular weight excluding hydrogens is 586 g/mol. The largest absolute Gasteiger partial charge is 0.493 e. The van der Waals surface area contributed by atoms with E-state index in [1.807, 2.05) is 6.07 Å². The van der Waals surface area contributed by atoms with Crippen LogP contribution in [0.1, 0.15) is 12.5 Å². The molecule has 0 saturated carbocycles. The lowest BCUT2D eigenvalue weighted by Crippen LogP contribution is -2.13. The van der Waals surface area contributed by atoms with Gasteiger partial charge in [0.1, 0.15) is 16.5 Å². The fourth-order valence-electron chi connectivity index (χ4n) is 3.02. The number of hydrogen-bond acceptors (Lipinski definition) is 7. The van der Waals surface area contributed by atoms with Gasteiger partial charge in [0.05, 0.1) is 12.1 Å². The van der Waals surface area contributed by atoms with Crippen LogP contribution in [0, 0.1) is 11.3 Å².